The number of aromatic nitrogens is 3. The molecule has 0 fully saturated rings. The maximum Gasteiger partial charge on any atom is 0.295 e. The number of anilines is 2. The fourth-order valence-electron chi connectivity index (χ4n) is 2.82. The Hall–Kier alpha value is -4.21. The van der Waals surface area contributed by atoms with Crippen LogP contribution in [0.5, 0.6) is 0 Å². The van der Waals surface area contributed by atoms with Crippen LogP contribution in [-0.2, 0) is 17.9 Å². The maximum atomic E-state index is 12.7. The van der Waals surface area contributed by atoms with E-state index in [1.165, 1.54) is 10.8 Å². The first-order valence-electron chi connectivity index (χ1n) is 9.51. The van der Waals surface area contributed by atoms with Gasteiger partial charge in [0.05, 0.1) is 0 Å². The largest absolute Gasteiger partial charge is 0.384 e. The van der Waals surface area contributed by atoms with Crippen molar-refractivity contribution in [1.82, 2.24) is 25.3 Å². The van der Waals surface area contributed by atoms with E-state index < -0.39 is 11.5 Å². The van der Waals surface area contributed by atoms with Gasteiger partial charge in [0.25, 0.3) is 11.5 Å². The smallest absolute Gasteiger partial charge is 0.295 e. The number of hydrazine groups is 1. The first-order chi connectivity index (χ1) is 14.8. The molecule has 0 bridgehead atoms. The summed E-state index contributed by atoms with van der Waals surface area (Å²) in [6.45, 7) is 3.53. The predicted octanol–water partition coefficient (Wildman–Crippen LogP) is 0.911. The van der Waals surface area contributed by atoms with E-state index in [-0.39, 0.29) is 24.8 Å². The van der Waals surface area contributed by atoms with Gasteiger partial charge in [-0.25, -0.2) is 9.97 Å². The lowest BCUT2D eigenvalue weighted by atomic mass is 10.2. The van der Waals surface area contributed by atoms with Crippen LogP contribution in [0.2, 0.25) is 0 Å². The van der Waals surface area contributed by atoms with Gasteiger partial charge in [-0.05, 0) is 37.6 Å². The summed E-state index contributed by atoms with van der Waals surface area (Å²) < 4.78 is 1.27. The number of nitrogens with one attached hydrogen (secondary N) is 3. The highest BCUT2D eigenvalue weighted by atomic mass is 16.2. The van der Waals surface area contributed by atoms with Crippen LogP contribution in [0.25, 0.3) is 0 Å². The van der Waals surface area contributed by atoms with Crippen molar-refractivity contribution in [3.8, 4) is 0 Å². The van der Waals surface area contributed by atoms with Crippen molar-refractivity contribution in [2.45, 2.75) is 26.9 Å². The molecule has 0 radical (unpaired) electrons. The van der Waals surface area contributed by atoms with E-state index >= 15 is 0 Å². The predicted molar refractivity (Wildman–Crippen MR) is 116 cm³/mol. The summed E-state index contributed by atoms with van der Waals surface area (Å²) in [5.74, 6) is -0.460. The summed E-state index contributed by atoms with van der Waals surface area (Å²) >= 11 is 0. The molecule has 0 aliphatic heterocycles. The summed E-state index contributed by atoms with van der Waals surface area (Å²) in [4.78, 5) is 45.4. The van der Waals surface area contributed by atoms with Gasteiger partial charge in [0.2, 0.25) is 11.7 Å². The van der Waals surface area contributed by atoms with Gasteiger partial charge in [-0.1, -0.05) is 24.3 Å². The Balaban J connectivity index is 1.65. The van der Waals surface area contributed by atoms with Gasteiger partial charge in [-0.15, -0.1) is 0 Å². The van der Waals surface area contributed by atoms with E-state index in [0.29, 0.717) is 17.1 Å². The number of benzene rings is 1. The lowest BCUT2D eigenvalue weighted by Gasteiger charge is -2.13. The summed E-state index contributed by atoms with van der Waals surface area (Å²) in [7, 11) is 0. The van der Waals surface area contributed by atoms with E-state index in [4.69, 9.17) is 5.73 Å². The maximum absolute atomic E-state index is 12.7. The molecule has 1 aromatic carbocycles. The van der Waals surface area contributed by atoms with Crippen LogP contribution in [0.3, 0.4) is 0 Å². The molecule has 3 rings (SSSR count). The number of rotatable bonds is 7. The molecule has 0 aliphatic rings. The first kappa shape index (κ1) is 21.5. The van der Waals surface area contributed by atoms with Gasteiger partial charge in [0, 0.05) is 29.7 Å². The number of amides is 2. The van der Waals surface area contributed by atoms with E-state index in [2.05, 4.69) is 26.1 Å². The number of hydrogen-bond acceptors (Lipinski definition) is 7. The monoisotopic (exact) mass is 421 g/mol. The zero-order chi connectivity index (χ0) is 22.4. The minimum Gasteiger partial charge on any atom is -0.384 e. The number of carbonyl (C=O) groups is 2. The Bertz CT molecular complexity index is 1160. The molecule has 0 spiro atoms. The topological polar surface area (TPSA) is 144 Å². The highest BCUT2D eigenvalue weighted by molar-refractivity contribution is 5.94. The standard InChI is InChI=1S/C21H23N7O3/c1-13-10-24-19(26-27-20(30)15-6-4-3-5-7-15)21(31)28(13)12-18(29)23-11-16-8-9-17(22)25-14(16)2/h3-10H,11-12H2,1-2H3,(H2,22,25)(H,23,29)(H,24,26)(H,27,30). The molecule has 0 saturated carbocycles. The van der Waals surface area contributed by atoms with Crippen LogP contribution in [0.4, 0.5) is 11.6 Å². The molecule has 0 atom stereocenters. The second kappa shape index (κ2) is 9.53. The van der Waals surface area contributed by atoms with Crippen molar-refractivity contribution >= 4 is 23.5 Å². The van der Waals surface area contributed by atoms with Crippen LogP contribution < -0.4 is 27.5 Å². The Labute approximate surface area is 178 Å². The molecule has 2 aromatic heterocycles. The molecular weight excluding hydrogens is 398 g/mol. The highest BCUT2D eigenvalue weighted by Gasteiger charge is 2.13. The second-order valence-corrected chi connectivity index (χ2v) is 6.84. The fourth-order valence-corrected chi connectivity index (χ4v) is 2.82. The molecular formula is C21H23N7O3. The molecule has 2 heterocycles. The van der Waals surface area contributed by atoms with Crippen LogP contribution in [-0.4, -0.2) is 26.3 Å². The minimum atomic E-state index is -0.533. The molecule has 3 aromatic rings. The zero-order valence-electron chi connectivity index (χ0n) is 17.2. The van der Waals surface area contributed by atoms with Crippen molar-refractivity contribution in [1.29, 1.82) is 0 Å². The van der Waals surface area contributed by atoms with Crippen LogP contribution in [0.1, 0.15) is 27.3 Å². The Morgan fingerprint density at radius 2 is 1.84 bits per heavy atom. The minimum absolute atomic E-state index is 0.0961. The Morgan fingerprint density at radius 1 is 1.10 bits per heavy atom. The fraction of sp³-hybridized carbons (Fsp3) is 0.190. The number of nitrogens with two attached hydrogens (primary N) is 1. The summed E-state index contributed by atoms with van der Waals surface area (Å²) in [5, 5.41) is 2.76. The van der Waals surface area contributed by atoms with Crippen LogP contribution >= 0.6 is 0 Å². The lowest BCUT2D eigenvalue weighted by molar-refractivity contribution is -0.121. The number of hydrogen-bond donors (Lipinski definition) is 4. The molecule has 10 nitrogen and oxygen atoms in total. The van der Waals surface area contributed by atoms with E-state index in [0.717, 1.165) is 11.3 Å². The molecule has 160 valence electrons. The van der Waals surface area contributed by atoms with Crippen molar-refractivity contribution < 1.29 is 9.59 Å². The van der Waals surface area contributed by atoms with E-state index in [9.17, 15) is 14.4 Å². The summed E-state index contributed by atoms with van der Waals surface area (Å²) in [5.41, 5.74) is 12.5. The summed E-state index contributed by atoms with van der Waals surface area (Å²) in [6, 6.07) is 12.0. The average Bonchev–Trinajstić information content (AvgIpc) is 2.76. The number of nitrogen functional groups attached to an aromatic ring is 1. The van der Waals surface area contributed by atoms with Crippen LogP contribution in [0, 0.1) is 13.8 Å². The highest BCUT2D eigenvalue weighted by Crippen LogP contribution is 2.07. The Morgan fingerprint density at radius 3 is 2.55 bits per heavy atom. The number of carbonyl (C=O) groups excluding carboxylic acids is 2. The van der Waals surface area contributed by atoms with Crippen molar-refractivity contribution in [3.63, 3.8) is 0 Å². The van der Waals surface area contributed by atoms with Gasteiger partial charge in [0.15, 0.2) is 0 Å². The first-order valence-corrected chi connectivity index (χ1v) is 9.51. The van der Waals surface area contributed by atoms with Gasteiger partial charge in [-0.3, -0.25) is 29.8 Å². The van der Waals surface area contributed by atoms with Gasteiger partial charge >= 0.3 is 0 Å². The van der Waals surface area contributed by atoms with E-state index in [1.807, 2.05) is 0 Å². The molecule has 0 aliphatic carbocycles. The second-order valence-electron chi connectivity index (χ2n) is 6.84. The van der Waals surface area contributed by atoms with Crippen LogP contribution in [0.15, 0.2) is 53.5 Å². The van der Waals surface area contributed by atoms with E-state index in [1.54, 1.807) is 56.3 Å². The average molecular weight is 421 g/mol. The molecule has 5 N–H and O–H groups in total. The SMILES string of the molecule is Cc1nc(N)ccc1CNC(=O)Cn1c(C)cnc(NNC(=O)c2ccccc2)c1=O. The molecule has 0 unspecified atom stereocenters. The van der Waals surface area contributed by atoms with Crippen molar-refractivity contribution in [2.24, 2.45) is 0 Å². The van der Waals surface area contributed by atoms with Gasteiger partial charge in [-0.2, -0.15) is 0 Å². The third-order valence-corrected chi connectivity index (χ3v) is 4.58. The summed E-state index contributed by atoms with van der Waals surface area (Å²) in [6.07, 6.45) is 1.44. The third kappa shape index (κ3) is 5.44. The Kier molecular flexibility index (Phi) is 6.61. The van der Waals surface area contributed by atoms with Crippen molar-refractivity contribution in [3.05, 3.63) is 81.5 Å². The normalized spacial score (nSPS) is 10.4. The lowest BCUT2D eigenvalue weighted by Crippen LogP contribution is -2.38. The number of pyridine rings is 1. The number of nitrogens with zero attached hydrogens (tertiary/aromatic N) is 3. The molecule has 10 heteroatoms. The molecule has 31 heavy (non-hydrogen) atoms. The zero-order valence-corrected chi connectivity index (χ0v) is 17.2. The molecule has 2 amide bonds. The quantitative estimate of drug-likeness (QED) is 0.415. The molecule has 0 saturated heterocycles. The van der Waals surface area contributed by atoms with Crippen molar-refractivity contribution in [2.75, 3.05) is 11.2 Å². The van der Waals surface area contributed by atoms with Gasteiger partial charge < -0.3 is 11.1 Å². The van der Waals surface area contributed by atoms with Gasteiger partial charge in [0.1, 0.15) is 12.4 Å². The number of aryl methyl sites for hydroxylation is 2. The third-order valence-electron chi connectivity index (χ3n) is 4.58.